The number of fused-ring (bicyclic) bond motifs is 1. The first-order valence-corrected chi connectivity index (χ1v) is 11.2. The lowest BCUT2D eigenvalue weighted by Gasteiger charge is -2.23. The molecule has 0 radical (unpaired) electrons. The number of rotatable bonds is 6. The molecule has 0 bridgehead atoms. The zero-order valence-electron chi connectivity index (χ0n) is 17.2. The number of H-pyrrole nitrogens is 1. The van der Waals surface area contributed by atoms with Gasteiger partial charge in [-0.15, -0.1) is 0 Å². The molecule has 160 valence electrons. The first kappa shape index (κ1) is 20.6. The Bertz CT molecular complexity index is 1170. The molecule has 2 aromatic heterocycles. The summed E-state index contributed by atoms with van der Waals surface area (Å²) in [7, 11) is -2.34. The summed E-state index contributed by atoms with van der Waals surface area (Å²) in [5.74, 6) is 0.930. The van der Waals surface area contributed by atoms with Crippen molar-refractivity contribution in [2.75, 3.05) is 25.6 Å². The molecule has 3 N–H and O–H groups in total. The molecule has 3 heterocycles. The summed E-state index contributed by atoms with van der Waals surface area (Å²) in [4.78, 5) is 4.46. The topological polar surface area (TPSA) is 118 Å². The standard InChI is InChI=1S/C20H25N5O4S/c1-12-13(2)23-24-20(12)22-16-4-7-21-17-11-18(28-3)19(10-15(16)17)30(26,27)25-14-5-8-29-9-6-14/h4,7,10-11,14,25H,5-6,8-9H2,1-3H3,(H2,21,22,23,24). The van der Waals surface area contributed by atoms with Gasteiger partial charge in [-0.2, -0.15) is 5.10 Å². The highest BCUT2D eigenvalue weighted by molar-refractivity contribution is 7.89. The van der Waals surface area contributed by atoms with E-state index in [2.05, 4.69) is 25.2 Å². The van der Waals surface area contributed by atoms with Gasteiger partial charge in [0.15, 0.2) is 5.82 Å². The maximum Gasteiger partial charge on any atom is 0.244 e. The van der Waals surface area contributed by atoms with Gasteiger partial charge in [-0.1, -0.05) is 0 Å². The van der Waals surface area contributed by atoms with Crippen molar-refractivity contribution in [3.05, 3.63) is 35.7 Å². The van der Waals surface area contributed by atoms with Crippen LogP contribution in [0.15, 0.2) is 29.3 Å². The second-order valence-corrected chi connectivity index (χ2v) is 9.02. The molecule has 10 heteroatoms. The number of aromatic amines is 1. The van der Waals surface area contributed by atoms with Crippen molar-refractivity contribution in [3.63, 3.8) is 0 Å². The van der Waals surface area contributed by atoms with Gasteiger partial charge in [0.25, 0.3) is 0 Å². The molecule has 4 rings (SSSR count). The molecule has 1 aromatic carbocycles. The average molecular weight is 432 g/mol. The van der Waals surface area contributed by atoms with Gasteiger partial charge >= 0.3 is 0 Å². The lowest BCUT2D eigenvalue weighted by Crippen LogP contribution is -2.38. The van der Waals surface area contributed by atoms with Gasteiger partial charge in [0.1, 0.15) is 10.6 Å². The van der Waals surface area contributed by atoms with Crippen LogP contribution in [0.2, 0.25) is 0 Å². The summed E-state index contributed by atoms with van der Waals surface area (Å²) in [5.41, 5.74) is 3.27. The second kappa shape index (κ2) is 8.21. The minimum Gasteiger partial charge on any atom is -0.495 e. The molecule has 30 heavy (non-hydrogen) atoms. The molecule has 3 aromatic rings. The second-order valence-electron chi connectivity index (χ2n) is 7.33. The van der Waals surface area contributed by atoms with E-state index in [0.29, 0.717) is 48.5 Å². The van der Waals surface area contributed by atoms with Crippen LogP contribution in [0.5, 0.6) is 5.75 Å². The highest BCUT2D eigenvalue weighted by atomic mass is 32.2. The fourth-order valence-electron chi connectivity index (χ4n) is 3.46. The van der Waals surface area contributed by atoms with Gasteiger partial charge in [0, 0.05) is 48.2 Å². The van der Waals surface area contributed by atoms with Crippen molar-refractivity contribution in [1.29, 1.82) is 0 Å². The number of benzene rings is 1. The van der Waals surface area contributed by atoms with E-state index in [1.807, 2.05) is 13.8 Å². The van der Waals surface area contributed by atoms with E-state index in [1.54, 1.807) is 24.4 Å². The van der Waals surface area contributed by atoms with E-state index >= 15 is 0 Å². The van der Waals surface area contributed by atoms with Crippen molar-refractivity contribution in [3.8, 4) is 5.75 Å². The predicted octanol–water partition coefficient (Wildman–Crippen LogP) is 2.78. The first-order chi connectivity index (χ1) is 14.4. The van der Waals surface area contributed by atoms with Crippen LogP contribution in [0.1, 0.15) is 24.1 Å². The summed E-state index contributed by atoms with van der Waals surface area (Å²) in [5, 5.41) is 11.2. The van der Waals surface area contributed by atoms with Gasteiger partial charge in [0.2, 0.25) is 10.0 Å². The number of hydrogen-bond donors (Lipinski definition) is 3. The molecule has 9 nitrogen and oxygen atoms in total. The summed E-state index contributed by atoms with van der Waals surface area (Å²) in [6.07, 6.45) is 2.94. The highest BCUT2D eigenvalue weighted by Gasteiger charge is 2.26. The summed E-state index contributed by atoms with van der Waals surface area (Å²) in [6, 6.07) is 4.87. The van der Waals surface area contributed by atoms with Crippen LogP contribution in [0, 0.1) is 13.8 Å². The number of hydrogen-bond acceptors (Lipinski definition) is 7. The van der Waals surface area contributed by atoms with E-state index < -0.39 is 10.0 Å². The monoisotopic (exact) mass is 431 g/mol. The molecule has 0 atom stereocenters. The maximum atomic E-state index is 13.2. The van der Waals surface area contributed by atoms with Crippen LogP contribution >= 0.6 is 0 Å². The average Bonchev–Trinajstić information content (AvgIpc) is 3.05. The Kier molecular flexibility index (Phi) is 5.63. The zero-order chi connectivity index (χ0) is 21.3. The summed E-state index contributed by atoms with van der Waals surface area (Å²) >= 11 is 0. The Balaban J connectivity index is 1.76. The summed E-state index contributed by atoms with van der Waals surface area (Å²) < 4.78 is 39.8. The third-order valence-electron chi connectivity index (χ3n) is 5.37. The number of aryl methyl sites for hydroxylation is 1. The number of anilines is 2. The molecule has 0 aliphatic carbocycles. The van der Waals surface area contributed by atoms with Crippen LogP contribution in [0.4, 0.5) is 11.5 Å². The van der Waals surface area contributed by atoms with E-state index in [4.69, 9.17) is 9.47 Å². The largest absolute Gasteiger partial charge is 0.495 e. The van der Waals surface area contributed by atoms with E-state index in [9.17, 15) is 8.42 Å². The fourth-order valence-corrected chi connectivity index (χ4v) is 4.95. The van der Waals surface area contributed by atoms with Gasteiger partial charge in [-0.3, -0.25) is 10.1 Å². The van der Waals surface area contributed by atoms with Crippen LogP contribution in [-0.2, 0) is 14.8 Å². The van der Waals surface area contributed by atoms with Gasteiger partial charge in [0.05, 0.1) is 18.3 Å². The Morgan fingerprint density at radius 2 is 2.00 bits per heavy atom. The predicted molar refractivity (Wildman–Crippen MR) is 114 cm³/mol. The Hall–Kier alpha value is -2.69. The Morgan fingerprint density at radius 3 is 2.67 bits per heavy atom. The number of pyridine rings is 1. The third kappa shape index (κ3) is 3.98. The van der Waals surface area contributed by atoms with Crippen LogP contribution in [0.3, 0.4) is 0 Å². The third-order valence-corrected chi connectivity index (χ3v) is 6.91. The van der Waals surface area contributed by atoms with Crippen molar-refractivity contribution >= 4 is 32.4 Å². The van der Waals surface area contributed by atoms with Crippen molar-refractivity contribution in [1.82, 2.24) is 19.9 Å². The van der Waals surface area contributed by atoms with Gasteiger partial charge in [-0.25, -0.2) is 13.1 Å². The molecule has 1 saturated heterocycles. The molecular formula is C20H25N5O4S. The number of methoxy groups -OCH3 is 1. The molecule has 0 amide bonds. The highest BCUT2D eigenvalue weighted by Crippen LogP contribution is 2.34. The molecule has 1 aliphatic rings. The number of nitrogens with zero attached hydrogens (tertiary/aromatic N) is 2. The lowest BCUT2D eigenvalue weighted by atomic mass is 10.1. The molecular weight excluding hydrogens is 406 g/mol. The Labute approximate surface area is 175 Å². The molecule has 0 spiro atoms. The molecule has 0 unspecified atom stereocenters. The lowest BCUT2D eigenvalue weighted by molar-refractivity contribution is 0.0832. The Morgan fingerprint density at radius 1 is 1.23 bits per heavy atom. The summed E-state index contributed by atoms with van der Waals surface area (Å²) in [6.45, 7) is 4.99. The van der Waals surface area contributed by atoms with Crippen LogP contribution in [-0.4, -0.2) is 50.0 Å². The minimum atomic E-state index is -3.80. The smallest absolute Gasteiger partial charge is 0.244 e. The van der Waals surface area contributed by atoms with Crippen molar-refractivity contribution in [2.45, 2.75) is 37.6 Å². The SMILES string of the molecule is COc1cc2nccc(Nc3n[nH]c(C)c3C)c2cc1S(=O)(=O)NC1CCOCC1. The van der Waals surface area contributed by atoms with Crippen molar-refractivity contribution in [2.24, 2.45) is 0 Å². The van der Waals surface area contributed by atoms with Gasteiger partial charge < -0.3 is 14.8 Å². The van der Waals surface area contributed by atoms with Crippen LogP contribution in [0.25, 0.3) is 10.9 Å². The normalized spacial score (nSPS) is 15.4. The molecule has 1 aliphatic heterocycles. The van der Waals surface area contributed by atoms with E-state index in [-0.39, 0.29) is 16.7 Å². The van der Waals surface area contributed by atoms with E-state index in [1.165, 1.54) is 7.11 Å². The molecule has 1 fully saturated rings. The van der Waals surface area contributed by atoms with Crippen molar-refractivity contribution < 1.29 is 17.9 Å². The first-order valence-electron chi connectivity index (χ1n) is 9.74. The fraction of sp³-hybridized carbons (Fsp3) is 0.400. The quantitative estimate of drug-likeness (QED) is 0.549. The number of nitrogens with one attached hydrogen (secondary N) is 3. The maximum absolute atomic E-state index is 13.2. The van der Waals surface area contributed by atoms with Gasteiger partial charge in [-0.05, 0) is 38.8 Å². The number of aromatic nitrogens is 3. The zero-order valence-corrected chi connectivity index (χ0v) is 18.0. The number of ether oxygens (including phenoxy) is 2. The minimum absolute atomic E-state index is 0.0787. The van der Waals surface area contributed by atoms with E-state index in [0.717, 1.165) is 11.3 Å². The number of sulfonamides is 1. The van der Waals surface area contributed by atoms with Crippen LogP contribution < -0.4 is 14.8 Å². The molecule has 0 saturated carbocycles.